The van der Waals surface area contributed by atoms with Crippen molar-refractivity contribution in [3.05, 3.63) is 24.3 Å². The van der Waals surface area contributed by atoms with Gasteiger partial charge in [0.15, 0.2) is 0 Å². The van der Waals surface area contributed by atoms with Gasteiger partial charge in [-0.25, -0.2) is 13.6 Å². The first-order chi connectivity index (χ1) is 8.49. The number of hydrogen-bond donors (Lipinski definition) is 2. The van der Waals surface area contributed by atoms with Gasteiger partial charge in [-0.1, -0.05) is 6.07 Å². The van der Waals surface area contributed by atoms with Crippen molar-refractivity contribution in [1.82, 2.24) is 0 Å². The zero-order valence-corrected chi connectivity index (χ0v) is 11.1. The van der Waals surface area contributed by atoms with E-state index in [1.807, 2.05) is 13.0 Å². The number of sulfonamides is 1. The summed E-state index contributed by atoms with van der Waals surface area (Å²) in [7, 11) is -3.63. The molecule has 1 saturated carbocycles. The van der Waals surface area contributed by atoms with Crippen molar-refractivity contribution in [2.24, 2.45) is 5.14 Å². The molecule has 0 amide bonds. The van der Waals surface area contributed by atoms with Crippen LogP contribution in [0.25, 0.3) is 0 Å². The van der Waals surface area contributed by atoms with E-state index in [1.54, 1.807) is 12.1 Å². The fourth-order valence-corrected chi connectivity index (χ4v) is 2.61. The predicted molar refractivity (Wildman–Crippen MR) is 69.9 cm³/mol. The highest BCUT2D eigenvalue weighted by molar-refractivity contribution is 7.89. The molecule has 0 radical (unpaired) electrons. The van der Waals surface area contributed by atoms with Crippen LogP contribution in [-0.2, 0) is 14.8 Å². The number of hydrogen-bond acceptors (Lipinski definition) is 4. The first-order valence-corrected chi connectivity index (χ1v) is 7.54. The molecule has 0 saturated heterocycles. The number of ether oxygens (including phenoxy) is 1. The number of benzene rings is 1. The van der Waals surface area contributed by atoms with Gasteiger partial charge in [-0.2, -0.15) is 0 Å². The second-order valence-corrected chi connectivity index (χ2v) is 6.02. The smallest absolute Gasteiger partial charge is 0.238 e. The number of nitrogens with one attached hydrogen (secondary N) is 1. The molecule has 0 aliphatic heterocycles. The summed E-state index contributed by atoms with van der Waals surface area (Å²) in [5, 5.41) is 8.37. The van der Waals surface area contributed by atoms with E-state index in [4.69, 9.17) is 9.88 Å². The van der Waals surface area contributed by atoms with Gasteiger partial charge in [-0.15, -0.1) is 0 Å². The lowest BCUT2D eigenvalue weighted by molar-refractivity contribution is 0.00299. The molecule has 0 atom stereocenters. The molecule has 0 spiro atoms. The average molecular weight is 270 g/mol. The van der Waals surface area contributed by atoms with Crippen LogP contribution in [0.1, 0.15) is 19.8 Å². The lowest BCUT2D eigenvalue weighted by Crippen LogP contribution is -2.40. The zero-order chi connectivity index (χ0) is 13.2. The molecule has 18 heavy (non-hydrogen) atoms. The van der Waals surface area contributed by atoms with Gasteiger partial charge in [-0.3, -0.25) is 0 Å². The lowest BCUT2D eigenvalue weighted by atomic mass is 9.89. The molecule has 1 aliphatic rings. The van der Waals surface area contributed by atoms with Crippen molar-refractivity contribution in [2.75, 3.05) is 11.9 Å². The van der Waals surface area contributed by atoms with E-state index in [0.717, 1.165) is 25.1 Å². The monoisotopic (exact) mass is 270 g/mol. The number of rotatable bonds is 5. The molecule has 1 aromatic rings. The molecule has 5 nitrogen and oxygen atoms in total. The van der Waals surface area contributed by atoms with Crippen molar-refractivity contribution < 1.29 is 13.2 Å². The van der Waals surface area contributed by atoms with Crippen molar-refractivity contribution in [3.63, 3.8) is 0 Å². The molecule has 1 aromatic carbocycles. The maximum absolute atomic E-state index is 11.2. The van der Waals surface area contributed by atoms with Crippen LogP contribution in [0.4, 0.5) is 5.69 Å². The van der Waals surface area contributed by atoms with E-state index in [-0.39, 0.29) is 4.90 Å². The minimum Gasteiger partial charge on any atom is -0.382 e. The quantitative estimate of drug-likeness (QED) is 0.845. The van der Waals surface area contributed by atoms with E-state index in [9.17, 15) is 8.42 Å². The third kappa shape index (κ3) is 3.22. The van der Waals surface area contributed by atoms with Crippen molar-refractivity contribution >= 4 is 15.7 Å². The normalized spacial score (nSPS) is 23.4. The lowest BCUT2D eigenvalue weighted by Gasteiger charge is -2.36. The average Bonchev–Trinajstić information content (AvgIpc) is 2.26. The summed E-state index contributed by atoms with van der Waals surface area (Å²) >= 11 is 0. The van der Waals surface area contributed by atoms with E-state index >= 15 is 0 Å². The first kappa shape index (κ1) is 13.3. The zero-order valence-electron chi connectivity index (χ0n) is 10.3. The Balaban J connectivity index is 1.95. The fraction of sp³-hybridized carbons (Fsp3) is 0.500. The number of nitrogens with two attached hydrogens (primary N) is 1. The Morgan fingerprint density at radius 3 is 2.78 bits per heavy atom. The predicted octanol–water partition coefficient (Wildman–Crippen LogP) is 1.31. The standard InChI is InChI=1S/C12H18N2O3S/c1-2-17-11-6-10(7-11)14-9-4-3-5-12(8-9)18(13,15)16/h3-5,8,10-11,14H,2,6-7H2,1H3,(H2,13,15,16). The minimum atomic E-state index is -3.63. The summed E-state index contributed by atoms with van der Waals surface area (Å²) < 4.78 is 27.9. The Labute approximate surface area is 107 Å². The molecular formula is C12H18N2O3S. The SMILES string of the molecule is CCOC1CC(Nc2cccc(S(N)(=O)=O)c2)C1. The molecule has 2 rings (SSSR count). The third-order valence-electron chi connectivity index (χ3n) is 3.03. The summed E-state index contributed by atoms with van der Waals surface area (Å²) in [5.74, 6) is 0. The molecule has 0 heterocycles. The third-order valence-corrected chi connectivity index (χ3v) is 3.94. The number of primary sulfonamides is 1. The molecule has 100 valence electrons. The van der Waals surface area contributed by atoms with Gasteiger partial charge in [0.2, 0.25) is 10.0 Å². The summed E-state index contributed by atoms with van der Waals surface area (Å²) in [6.45, 7) is 2.72. The molecule has 0 unspecified atom stereocenters. The van der Waals surface area contributed by atoms with Crippen molar-refractivity contribution in [2.45, 2.75) is 36.8 Å². The maximum Gasteiger partial charge on any atom is 0.238 e. The van der Waals surface area contributed by atoms with Crippen LogP contribution < -0.4 is 10.5 Å². The Kier molecular flexibility index (Phi) is 3.89. The molecule has 0 aromatic heterocycles. The van der Waals surface area contributed by atoms with Gasteiger partial charge in [-0.05, 0) is 38.0 Å². The van der Waals surface area contributed by atoms with Gasteiger partial charge in [0.25, 0.3) is 0 Å². The summed E-state index contributed by atoms with van der Waals surface area (Å²) in [5.41, 5.74) is 0.779. The molecule has 1 fully saturated rings. The molecular weight excluding hydrogens is 252 g/mol. The molecule has 3 N–H and O–H groups in total. The van der Waals surface area contributed by atoms with Gasteiger partial charge >= 0.3 is 0 Å². The molecule has 0 bridgehead atoms. The molecule has 6 heteroatoms. The summed E-state index contributed by atoms with van der Waals surface area (Å²) in [6.07, 6.45) is 2.23. The van der Waals surface area contributed by atoms with Crippen LogP contribution in [0.2, 0.25) is 0 Å². The van der Waals surface area contributed by atoms with E-state index in [0.29, 0.717) is 12.1 Å². The second kappa shape index (κ2) is 5.26. The summed E-state index contributed by atoms with van der Waals surface area (Å²) in [6, 6.07) is 6.91. The maximum atomic E-state index is 11.2. The molecule has 1 aliphatic carbocycles. The van der Waals surface area contributed by atoms with E-state index in [1.165, 1.54) is 6.07 Å². The fourth-order valence-electron chi connectivity index (χ4n) is 2.05. The van der Waals surface area contributed by atoms with Crippen LogP contribution in [0, 0.1) is 0 Å². The highest BCUT2D eigenvalue weighted by Crippen LogP contribution is 2.27. The number of anilines is 1. The first-order valence-electron chi connectivity index (χ1n) is 6.00. The Morgan fingerprint density at radius 2 is 2.17 bits per heavy atom. The van der Waals surface area contributed by atoms with Crippen LogP contribution >= 0.6 is 0 Å². The highest BCUT2D eigenvalue weighted by atomic mass is 32.2. The van der Waals surface area contributed by atoms with Gasteiger partial charge in [0, 0.05) is 18.3 Å². The Hall–Kier alpha value is -1.11. The van der Waals surface area contributed by atoms with E-state index in [2.05, 4.69) is 5.32 Å². The van der Waals surface area contributed by atoms with Gasteiger partial charge in [0.05, 0.1) is 11.0 Å². The highest BCUT2D eigenvalue weighted by Gasteiger charge is 2.29. The Bertz CT molecular complexity index is 510. The topological polar surface area (TPSA) is 81.4 Å². The van der Waals surface area contributed by atoms with Gasteiger partial charge < -0.3 is 10.1 Å². The van der Waals surface area contributed by atoms with Crippen molar-refractivity contribution in [1.29, 1.82) is 0 Å². The minimum absolute atomic E-state index is 0.133. The van der Waals surface area contributed by atoms with Crippen LogP contribution in [0.3, 0.4) is 0 Å². The Morgan fingerprint density at radius 1 is 1.44 bits per heavy atom. The van der Waals surface area contributed by atoms with Crippen molar-refractivity contribution in [3.8, 4) is 0 Å². The van der Waals surface area contributed by atoms with Crippen LogP contribution in [-0.4, -0.2) is 27.2 Å². The van der Waals surface area contributed by atoms with Gasteiger partial charge in [0.1, 0.15) is 0 Å². The largest absolute Gasteiger partial charge is 0.382 e. The van der Waals surface area contributed by atoms with Crippen LogP contribution in [0.15, 0.2) is 29.2 Å². The van der Waals surface area contributed by atoms with E-state index < -0.39 is 10.0 Å². The summed E-state index contributed by atoms with van der Waals surface area (Å²) in [4.78, 5) is 0.133. The van der Waals surface area contributed by atoms with Crippen LogP contribution in [0.5, 0.6) is 0 Å². The second-order valence-electron chi connectivity index (χ2n) is 4.46.